The number of carbonyl (C=O) groups excluding carboxylic acids is 1. The Morgan fingerprint density at radius 3 is 1.39 bits per heavy atom. The zero-order valence-corrected chi connectivity index (χ0v) is 34.1. The minimum absolute atomic E-state index is 0.0157. The van der Waals surface area contributed by atoms with Gasteiger partial charge in [-0.2, -0.15) is 0 Å². The van der Waals surface area contributed by atoms with Gasteiger partial charge in [0.2, 0.25) is 5.91 Å². The van der Waals surface area contributed by atoms with Crippen molar-refractivity contribution in [2.45, 2.75) is 212 Å². The van der Waals surface area contributed by atoms with Crippen LogP contribution in [0.3, 0.4) is 0 Å². The molecule has 0 spiro atoms. The molecule has 0 heterocycles. The molecule has 9 heteroatoms. The molecule has 0 saturated carbocycles. The number of hydrogen-bond acceptors (Lipinski definition) is 6. The predicted molar refractivity (Wildman–Crippen MR) is 206 cm³/mol. The molecule has 0 aromatic rings. The van der Waals surface area contributed by atoms with Gasteiger partial charge in [0.1, 0.15) is 13.2 Å². The number of aliphatic hydroxyl groups excluding tert-OH is 1. The van der Waals surface area contributed by atoms with E-state index in [1.165, 1.54) is 135 Å². The molecule has 0 aliphatic rings. The fraction of sp³-hybridized carbons (Fsp3) is 0.975. The summed E-state index contributed by atoms with van der Waals surface area (Å²) in [6.45, 7) is 4.71. The van der Waals surface area contributed by atoms with Gasteiger partial charge < -0.3 is 28.8 Å². The number of nitrogens with one attached hydrogen (secondary N) is 1. The van der Waals surface area contributed by atoms with Crippen LogP contribution in [-0.4, -0.2) is 68.5 Å². The summed E-state index contributed by atoms with van der Waals surface area (Å²) in [6.07, 6.45) is 33.9. The van der Waals surface area contributed by atoms with Gasteiger partial charge in [0, 0.05) is 6.42 Å². The third-order valence-corrected chi connectivity index (χ3v) is 10.6. The summed E-state index contributed by atoms with van der Waals surface area (Å²) in [5.41, 5.74) is 0. The van der Waals surface area contributed by atoms with Gasteiger partial charge in [-0.25, -0.2) is 0 Å². The van der Waals surface area contributed by atoms with E-state index in [0.29, 0.717) is 23.9 Å². The molecule has 0 bridgehead atoms. The second-order valence-corrected chi connectivity index (χ2v) is 17.1. The van der Waals surface area contributed by atoms with Gasteiger partial charge in [0.15, 0.2) is 0 Å². The first kappa shape index (κ1) is 48.5. The lowest BCUT2D eigenvalue weighted by Crippen LogP contribution is -2.46. The number of phosphoric ester groups is 1. The lowest BCUT2D eigenvalue weighted by atomic mass is 10.0. The second-order valence-electron chi connectivity index (χ2n) is 15.7. The third kappa shape index (κ3) is 35.7. The van der Waals surface area contributed by atoms with Gasteiger partial charge in [-0.15, -0.1) is 0 Å². The van der Waals surface area contributed by atoms with Gasteiger partial charge in [0.25, 0.3) is 7.82 Å². The zero-order valence-electron chi connectivity index (χ0n) is 33.2. The Balaban J connectivity index is 4.34. The molecule has 0 aliphatic heterocycles. The number of carbonyl (C=O) groups is 1. The summed E-state index contributed by atoms with van der Waals surface area (Å²) < 4.78 is 23.2. The molecule has 0 aromatic carbocycles. The van der Waals surface area contributed by atoms with Crippen molar-refractivity contribution in [2.75, 3.05) is 40.9 Å². The lowest BCUT2D eigenvalue weighted by molar-refractivity contribution is -0.870. The quantitative estimate of drug-likeness (QED) is 0.0374. The summed E-state index contributed by atoms with van der Waals surface area (Å²) in [7, 11) is 1.31. The number of unbranched alkanes of at least 4 members (excludes halogenated alkanes) is 25. The largest absolute Gasteiger partial charge is 0.756 e. The average Bonchev–Trinajstić information content (AvgIpc) is 3.04. The monoisotopic (exact) mass is 719 g/mol. The van der Waals surface area contributed by atoms with Crippen LogP contribution in [0.2, 0.25) is 0 Å². The molecule has 8 nitrogen and oxygen atoms in total. The summed E-state index contributed by atoms with van der Waals surface area (Å²) in [6, 6.07) is -0.791. The van der Waals surface area contributed by atoms with E-state index in [9.17, 15) is 19.4 Å². The van der Waals surface area contributed by atoms with Crippen molar-refractivity contribution in [3.63, 3.8) is 0 Å². The van der Waals surface area contributed by atoms with E-state index in [2.05, 4.69) is 19.2 Å². The van der Waals surface area contributed by atoms with Crippen LogP contribution in [0.1, 0.15) is 200 Å². The highest BCUT2D eigenvalue weighted by molar-refractivity contribution is 7.45. The van der Waals surface area contributed by atoms with Crippen molar-refractivity contribution in [3.8, 4) is 0 Å². The fourth-order valence-corrected chi connectivity index (χ4v) is 6.94. The maximum atomic E-state index is 12.8. The summed E-state index contributed by atoms with van der Waals surface area (Å²) in [4.78, 5) is 25.2. The van der Waals surface area contributed by atoms with Crippen LogP contribution in [0.25, 0.3) is 0 Å². The number of aliphatic hydroxyl groups is 1. The number of nitrogens with zero attached hydrogens (tertiary/aromatic N) is 1. The Kier molecular flexibility index (Phi) is 33.0. The van der Waals surface area contributed by atoms with Crippen molar-refractivity contribution in [2.24, 2.45) is 0 Å². The van der Waals surface area contributed by atoms with Crippen LogP contribution < -0.4 is 10.2 Å². The molecule has 0 saturated heterocycles. The maximum absolute atomic E-state index is 12.8. The van der Waals surface area contributed by atoms with E-state index in [-0.39, 0.29) is 19.1 Å². The minimum atomic E-state index is -4.55. The fourth-order valence-electron chi connectivity index (χ4n) is 6.22. The lowest BCUT2D eigenvalue weighted by Gasteiger charge is -2.30. The topological polar surface area (TPSA) is 108 Å². The predicted octanol–water partition coefficient (Wildman–Crippen LogP) is 10.4. The Morgan fingerprint density at radius 1 is 0.633 bits per heavy atom. The van der Waals surface area contributed by atoms with Gasteiger partial charge in [-0.05, 0) is 12.8 Å². The Morgan fingerprint density at radius 2 is 1.00 bits per heavy atom. The van der Waals surface area contributed by atoms with Gasteiger partial charge in [0.05, 0.1) is 39.9 Å². The molecule has 0 rings (SSSR count). The van der Waals surface area contributed by atoms with E-state index in [1.54, 1.807) is 0 Å². The van der Waals surface area contributed by atoms with Crippen molar-refractivity contribution in [1.82, 2.24) is 5.32 Å². The highest BCUT2D eigenvalue weighted by atomic mass is 31.2. The molecule has 0 radical (unpaired) electrons. The first-order valence-electron chi connectivity index (χ1n) is 20.9. The molecule has 49 heavy (non-hydrogen) atoms. The SMILES string of the molecule is CCCCCCCCCCCCCCCCCCCC(O)C(COP(=O)([O-])OCC[N+](C)(C)C)NC(=O)CCCCCCCCCCCC. The first-order chi connectivity index (χ1) is 23.5. The molecule has 0 aromatic heterocycles. The minimum Gasteiger partial charge on any atom is -0.756 e. The third-order valence-electron chi connectivity index (χ3n) is 9.60. The van der Waals surface area contributed by atoms with Crippen LogP contribution in [0, 0.1) is 0 Å². The van der Waals surface area contributed by atoms with E-state index in [0.717, 1.165) is 38.5 Å². The van der Waals surface area contributed by atoms with Gasteiger partial charge in [-0.1, -0.05) is 181 Å². The molecule has 1 amide bonds. The molecule has 0 fully saturated rings. The number of quaternary nitrogens is 1. The highest BCUT2D eigenvalue weighted by Crippen LogP contribution is 2.38. The van der Waals surface area contributed by atoms with E-state index >= 15 is 0 Å². The number of hydrogen-bond donors (Lipinski definition) is 2. The Bertz CT molecular complexity index is 778. The maximum Gasteiger partial charge on any atom is 0.268 e. The number of rotatable bonds is 38. The van der Waals surface area contributed by atoms with Gasteiger partial charge in [-0.3, -0.25) is 9.36 Å². The number of likely N-dealkylation sites (N-methyl/N-ethyl adjacent to an activating group) is 1. The summed E-state index contributed by atoms with van der Waals surface area (Å²) in [5.74, 6) is -0.165. The standard InChI is InChI=1S/C40H83N2O6P/c1-6-8-10-12-14-16-18-19-20-21-22-23-24-25-27-29-31-33-39(43)38(37-48-49(45,46)47-36-35-42(3,4)5)41-40(44)34-32-30-28-26-17-15-13-11-9-7-2/h38-39,43H,6-37H2,1-5H3,(H-,41,44,45,46). The Labute approximate surface area is 304 Å². The van der Waals surface area contributed by atoms with E-state index < -0.39 is 20.0 Å². The number of amides is 1. The second kappa shape index (κ2) is 33.3. The normalized spacial score (nSPS) is 14.5. The van der Waals surface area contributed by atoms with E-state index in [1.807, 2.05) is 21.1 Å². The van der Waals surface area contributed by atoms with Crippen LogP contribution in [0.15, 0.2) is 0 Å². The van der Waals surface area contributed by atoms with Crippen molar-refractivity contribution >= 4 is 13.7 Å². The van der Waals surface area contributed by atoms with Gasteiger partial charge >= 0.3 is 0 Å². The molecule has 3 atom stereocenters. The Hall–Kier alpha value is -0.500. The average molecular weight is 719 g/mol. The van der Waals surface area contributed by atoms with Crippen molar-refractivity contribution in [3.05, 3.63) is 0 Å². The molecular weight excluding hydrogens is 635 g/mol. The summed E-state index contributed by atoms with van der Waals surface area (Å²) >= 11 is 0. The van der Waals surface area contributed by atoms with Crippen LogP contribution >= 0.6 is 7.82 Å². The van der Waals surface area contributed by atoms with Crippen molar-refractivity contribution < 1.29 is 32.9 Å². The molecule has 294 valence electrons. The van der Waals surface area contributed by atoms with Crippen molar-refractivity contribution in [1.29, 1.82) is 0 Å². The smallest absolute Gasteiger partial charge is 0.268 e. The molecular formula is C40H83N2O6P. The van der Waals surface area contributed by atoms with Crippen LogP contribution in [0.5, 0.6) is 0 Å². The first-order valence-corrected chi connectivity index (χ1v) is 22.3. The summed E-state index contributed by atoms with van der Waals surface area (Å²) in [5, 5.41) is 13.9. The van der Waals surface area contributed by atoms with E-state index in [4.69, 9.17) is 9.05 Å². The number of phosphoric acid groups is 1. The highest BCUT2D eigenvalue weighted by Gasteiger charge is 2.24. The molecule has 3 unspecified atom stereocenters. The molecule has 0 aliphatic carbocycles. The zero-order chi connectivity index (χ0) is 36.5. The molecule has 2 N–H and O–H groups in total. The van der Waals surface area contributed by atoms with Crippen LogP contribution in [-0.2, 0) is 18.4 Å². The van der Waals surface area contributed by atoms with Crippen LogP contribution in [0.4, 0.5) is 0 Å².